The average Bonchev–Trinajstić information content (AvgIpc) is 2.55. The molecule has 2 heterocycles. The van der Waals surface area contributed by atoms with Gasteiger partial charge in [0.15, 0.2) is 0 Å². The van der Waals surface area contributed by atoms with E-state index in [0.717, 1.165) is 21.3 Å². The van der Waals surface area contributed by atoms with Crippen molar-refractivity contribution in [2.45, 2.75) is 23.5 Å². The summed E-state index contributed by atoms with van der Waals surface area (Å²) in [5.41, 5.74) is 7.75. The largest absolute Gasteiger partial charge is 0.326 e. The summed E-state index contributed by atoms with van der Waals surface area (Å²) in [4.78, 5) is 8.25. The van der Waals surface area contributed by atoms with E-state index in [1.165, 1.54) is 11.8 Å². The molecule has 2 aromatic heterocycles. The van der Waals surface area contributed by atoms with Crippen LogP contribution in [0.1, 0.15) is 11.3 Å². The van der Waals surface area contributed by atoms with Gasteiger partial charge in [0, 0.05) is 31.5 Å². The van der Waals surface area contributed by atoms with E-state index in [0.29, 0.717) is 6.54 Å². The van der Waals surface area contributed by atoms with Crippen LogP contribution in [-0.2, 0) is 13.6 Å². The van der Waals surface area contributed by atoms with E-state index < -0.39 is 0 Å². The Labute approximate surface area is 98.1 Å². The number of hydrogen-bond acceptors (Lipinski definition) is 5. The lowest BCUT2D eigenvalue weighted by Crippen LogP contribution is -2.00. The zero-order valence-electron chi connectivity index (χ0n) is 9.21. The van der Waals surface area contributed by atoms with Gasteiger partial charge in [0.25, 0.3) is 0 Å². The van der Waals surface area contributed by atoms with Crippen molar-refractivity contribution in [3.63, 3.8) is 0 Å². The number of rotatable bonds is 3. The number of hydrogen-bond donors (Lipinski definition) is 1. The molecule has 5 nitrogen and oxygen atoms in total. The van der Waals surface area contributed by atoms with E-state index in [-0.39, 0.29) is 0 Å². The van der Waals surface area contributed by atoms with Gasteiger partial charge in [0.1, 0.15) is 10.1 Å². The summed E-state index contributed by atoms with van der Waals surface area (Å²) in [7, 11) is 1.91. The molecule has 0 aromatic carbocycles. The van der Waals surface area contributed by atoms with Crippen molar-refractivity contribution >= 4 is 11.8 Å². The Hall–Kier alpha value is -1.40. The number of nitrogens with two attached hydrogens (primary N) is 1. The van der Waals surface area contributed by atoms with Crippen molar-refractivity contribution in [2.24, 2.45) is 12.8 Å². The topological polar surface area (TPSA) is 69.6 Å². The average molecular weight is 235 g/mol. The second kappa shape index (κ2) is 4.63. The third-order valence-electron chi connectivity index (χ3n) is 2.23. The Balaban J connectivity index is 2.34. The van der Waals surface area contributed by atoms with E-state index in [1.54, 1.807) is 18.6 Å². The van der Waals surface area contributed by atoms with Crippen LogP contribution in [0.4, 0.5) is 0 Å². The Morgan fingerprint density at radius 3 is 2.88 bits per heavy atom. The maximum atomic E-state index is 5.72. The summed E-state index contributed by atoms with van der Waals surface area (Å²) in [6.45, 7) is 2.45. The molecule has 0 unspecified atom stereocenters. The molecule has 0 atom stereocenters. The lowest BCUT2D eigenvalue weighted by Gasteiger charge is -2.03. The molecular weight excluding hydrogens is 222 g/mol. The molecule has 2 aromatic rings. The zero-order chi connectivity index (χ0) is 11.5. The Morgan fingerprint density at radius 2 is 2.25 bits per heavy atom. The van der Waals surface area contributed by atoms with Crippen molar-refractivity contribution in [1.29, 1.82) is 0 Å². The van der Waals surface area contributed by atoms with E-state index >= 15 is 0 Å². The molecule has 6 heteroatoms. The molecule has 0 amide bonds. The molecule has 0 bridgehead atoms. The van der Waals surface area contributed by atoms with Gasteiger partial charge < -0.3 is 5.73 Å². The van der Waals surface area contributed by atoms with Gasteiger partial charge in [-0.15, -0.1) is 0 Å². The standard InChI is InChI=1S/C10H13N5S/c1-7-8(5-11)10(15(2)14-7)16-9-6-12-3-4-13-9/h3-4,6H,5,11H2,1-2H3. The minimum absolute atomic E-state index is 0.488. The van der Waals surface area contributed by atoms with Gasteiger partial charge in [-0.05, 0) is 18.7 Å². The van der Waals surface area contributed by atoms with Crippen molar-refractivity contribution < 1.29 is 0 Å². The molecule has 0 saturated heterocycles. The fraction of sp³-hybridized carbons (Fsp3) is 0.300. The normalized spacial score (nSPS) is 10.7. The molecular formula is C10H13N5S. The van der Waals surface area contributed by atoms with E-state index in [1.807, 2.05) is 18.7 Å². The first-order valence-electron chi connectivity index (χ1n) is 4.88. The molecule has 0 aliphatic heterocycles. The minimum atomic E-state index is 0.488. The van der Waals surface area contributed by atoms with Crippen molar-refractivity contribution in [3.8, 4) is 0 Å². The van der Waals surface area contributed by atoms with Crippen LogP contribution in [0.15, 0.2) is 28.6 Å². The minimum Gasteiger partial charge on any atom is -0.326 e. The number of nitrogens with zero attached hydrogens (tertiary/aromatic N) is 4. The molecule has 0 aliphatic rings. The van der Waals surface area contributed by atoms with Crippen LogP contribution >= 0.6 is 11.8 Å². The predicted octanol–water partition coefficient (Wildman–Crippen LogP) is 1.13. The zero-order valence-corrected chi connectivity index (χ0v) is 10.0. The Bertz CT molecular complexity index is 479. The monoisotopic (exact) mass is 235 g/mol. The van der Waals surface area contributed by atoms with Gasteiger partial charge in [-0.25, -0.2) is 4.98 Å². The molecule has 0 fully saturated rings. The molecule has 2 rings (SSSR count). The summed E-state index contributed by atoms with van der Waals surface area (Å²) in [6.07, 6.45) is 5.06. The molecule has 2 N–H and O–H groups in total. The van der Waals surface area contributed by atoms with Crippen LogP contribution in [0.5, 0.6) is 0 Å². The van der Waals surface area contributed by atoms with Gasteiger partial charge in [-0.1, -0.05) is 0 Å². The fourth-order valence-electron chi connectivity index (χ4n) is 1.48. The molecule has 16 heavy (non-hydrogen) atoms. The van der Waals surface area contributed by atoms with Gasteiger partial charge >= 0.3 is 0 Å². The highest BCUT2D eigenvalue weighted by Gasteiger charge is 2.13. The molecule has 0 radical (unpaired) electrons. The first kappa shape index (κ1) is 11.1. The van der Waals surface area contributed by atoms with Gasteiger partial charge in [0.2, 0.25) is 0 Å². The first-order valence-corrected chi connectivity index (χ1v) is 5.70. The van der Waals surface area contributed by atoms with Gasteiger partial charge in [-0.3, -0.25) is 9.67 Å². The maximum absolute atomic E-state index is 5.72. The summed E-state index contributed by atoms with van der Waals surface area (Å²) in [5, 5.41) is 6.22. The number of aryl methyl sites for hydroxylation is 2. The molecule has 0 aliphatic carbocycles. The van der Waals surface area contributed by atoms with E-state index in [4.69, 9.17) is 5.73 Å². The Kier molecular flexibility index (Phi) is 3.21. The molecule has 0 saturated carbocycles. The van der Waals surface area contributed by atoms with E-state index in [9.17, 15) is 0 Å². The second-order valence-electron chi connectivity index (χ2n) is 3.34. The number of aromatic nitrogens is 4. The van der Waals surface area contributed by atoms with Crippen molar-refractivity contribution in [3.05, 3.63) is 29.8 Å². The summed E-state index contributed by atoms with van der Waals surface area (Å²) in [5.74, 6) is 0. The van der Waals surface area contributed by atoms with Crippen molar-refractivity contribution in [2.75, 3.05) is 0 Å². The van der Waals surface area contributed by atoms with Crippen LogP contribution in [0, 0.1) is 6.92 Å². The van der Waals surface area contributed by atoms with Crippen LogP contribution in [0.2, 0.25) is 0 Å². The van der Waals surface area contributed by atoms with E-state index in [2.05, 4.69) is 15.1 Å². The predicted molar refractivity (Wildman–Crippen MR) is 62.0 cm³/mol. The third kappa shape index (κ3) is 2.07. The lowest BCUT2D eigenvalue weighted by molar-refractivity contribution is 0.688. The lowest BCUT2D eigenvalue weighted by atomic mass is 10.3. The summed E-state index contributed by atoms with van der Waals surface area (Å²) < 4.78 is 1.83. The van der Waals surface area contributed by atoms with Crippen molar-refractivity contribution in [1.82, 2.24) is 19.7 Å². The van der Waals surface area contributed by atoms with Crippen LogP contribution in [0.3, 0.4) is 0 Å². The maximum Gasteiger partial charge on any atom is 0.121 e. The highest BCUT2D eigenvalue weighted by molar-refractivity contribution is 7.99. The second-order valence-corrected chi connectivity index (χ2v) is 4.35. The van der Waals surface area contributed by atoms with Crippen LogP contribution < -0.4 is 5.73 Å². The SMILES string of the molecule is Cc1nn(C)c(Sc2cnccn2)c1CN. The van der Waals surface area contributed by atoms with Crippen LogP contribution in [-0.4, -0.2) is 19.7 Å². The summed E-state index contributed by atoms with van der Waals surface area (Å²) in [6, 6.07) is 0. The highest BCUT2D eigenvalue weighted by Crippen LogP contribution is 2.29. The van der Waals surface area contributed by atoms with Gasteiger partial charge in [0.05, 0.1) is 11.9 Å². The van der Waals surface area contributed by atoms with Gasteiger partial charge in [-0.2, -0.15) is 5.10 Å². The smallest absolute Gasteiger partial charge is 0.121 e. The quantitative estimate of drug-likeness (QED) is 0.863. The highest BCUT2D eigenvalue weighted by atomic mass is 32.2. The van der Waals surface area contributed by atoms with Crippen LogP contribution in [0.25, 0.3) is 0 Å². The molecule has 0 spiro atoms. The fourth-order valence-corrected chi connectivity index (χ4v) is 2.43. The Morgan fingerprint density at radius 1 is 1.44 bits per heavy atom. The molecule has 84 valence electrons. The summed E-state index contributed by atoms with van der Waals surface area (Å²) >= 11 is 1.53. The first-order chi connectivity index (χ1) is 7.72. The third-order valence-corrected chi connectivity index (χ3v) is 3.36.